The lowest BCUT2D eigenvalue weighted by Crippen LogP contribution is -2.30. The molecule has 2 N–H and O–H groups in total. The summed E-state index contributed by atoms with van der Waals surface area (Å²) in [6.07, 6.45) is 3.90. The minimum atomic E-state index is -0.423. The van der Waals surface area contributed by atoms with Gasteiger partial charge in [-0.1, -0.05) is 30.3 Å². The molecule has 0 bridgehead atoms. The van der Waals surface area contributed by atoms with Crippen molar-refractivity contribution in [3.63, 3.8) is 0 Å². The van der Waals surface area contributed by atoms with Crippen LogP contribution in [0.15, 0.2) is 53.6 Å². The van der Waals surface area contributed by atoms with Gasteiger partial charge >= 0.3 is 0 Å². The van der Waals surface area contributed by atoms with Gasteiger partial charge in [0.25, 0.3) is 0 Å². The number of benzene rings is 1. The summed E-state index contributed by atoms with van der Waals surface area (Å²) >= 11 is 0. The zero-order valence-electron chi connectivity index (χ0n) is 13.2. The van der Waals surface area contributed by atoms with Gasteiger partial charge in [-0.25, -0.2) is 0 Å². The van der Waals surface area contributed by atoms with Gasteiger partial charge < -0.3 is 15.2 Å². The number of pyridine rings is 1. The Labute approximate surface area is 139 Å². The number of H-pyrrole nitrogens is 1. The van der Waals surface area contributed by atoms with E-state index < -0.39 is 5.92 Å². The van der Waals surface area contributed by atoms with Gasteiger partial charge in [0.1, 0.15) is 5.69 Å². The van der Waals surface area contributed by atoms with Crippen LogP contribution in [-0.4, -0.2) is 34.8 Å². The Morgan fingerprint density at radius 1 is 1.21 bits per heavy atom. The SMILES string of the molecule is O=C(Nc1c[nH]ccc1=O)C1CC(=O)N(CCc2ccccc2)C1. The summed E-state index contributed by atoms with van der Waals surface area (Å²) in [6, 6.07) is 11.3. The van der Waals surface area contributed by atoms with Gasteiger partial charge in [-0.15, -0.1) is 0 Å². The molecule has 0 spiro atoms. The largest absolute Gasteiger partial charge is 0.366 e. The van der Waals surface area contributed by atoms with Crippen LogP contribution < -0.4 is 10.7 Å². The monoisotopic (exact) mass is 325 g/mol. The Bertz CT molecular complexity index is 785. The van der Waals surface area contributed by atoms with Crippen LogP contribution in [0.2, 0.25) is 0 Å². The van der Waals surface area contributed by atoms with Crippen LogP contribution >= 0.6 is 0 Å². The number of likely N-dealkylation sites (tertiary alicyclic amines) is 1. The molecule has 1 aliphatic rings. The van der Waals surface area contributed by atoms with Gasteiger partial charge in [-0.2, -0.15) is 0 Å². The Hall–Kier alpha value is -2.89. The number of hydrogen-bond acceptors (Lipinski definition) is 3. The molecule has 6 nitrogen and oxygen atoms in total. The molecule has 2 heterocycles. The molecule has 0 saturated carbocycles. The standard InChI is InChI=1S/C18H19N3O3/c22-16-6-8-19-11-15(16)20-18(24)14-10-17(23)21(12-14)9-7-13-4-2-1-3-5-13/h1-6,8,11,14H,7,9-10,12H2,(H,19,22)(H,20,24). The molecule has 124 valence electrons. The van der Waals surface area contributed by atoms with Gasteiger partial charge in [0.05, 0.1) is 5.92 Å². The molecule has 0 radical (unpaired) electrons. The van der Waals surface area contributed by atoms with E-state index in [1.807, 2.05) is 30.3 Å². The lowest BCUT2D eigenvalue weighted by Gasteiger charge is -2.16. The Kier molecular flexibility index (Phi) is 4.74. The molecule has 1 aliphatic heterocycles. The molecule has 1 unspecified atom stereocenters. The fourth-order valence-electron chi connectivity index (χ4n) is 2.82. The Balaban J connectivity index is 1.57. The maximum atomic E-state index is 12.3. The summed E-state index contributed by atoms with van der Waals surface area (Å²) in [5.74, 6) is -0.733. The van der Waals surface area contributed by atoms with E-state index in [0.717, 1.165) is 12.0 Å². The van der Waals surface area contributed by atoms with Crippen molar-refractivity contribution in [2.45, 2.75) is 12.8 Å². The number of nitrogens with one attached hydrogen (secondary N) is 2. The van der Waals surface area contributed by atoms with Crippen molar-refractivity contribution < 1.29 is 9.59 Å². The van der Waals surface area contributed by atoms with Gasteiger partial charge in [-0.05, 0) is 12.0 Å². The summed E-state index contributed by atoms with van der Waals surface area (Å²) in [6.45, 7) is 0.987. The molecule has 1 aromatic carbocycles. The van der Waals surface area contributed by atoms with Crippen molar-refractivity contribution in [3.8, 4) is 0 Å². The molecule has 2 amide bonds. The van der Waals surface area contributed by atoms with E-state index in [1.165, 1.54) is 18.5 Å². The highest BCUT2D eigenvalue weighted by Crippen LogP contribution is 2.19. The smallest absolute Gasteiger partial charge is 0.229 e. The van der Waals surface area contributed by atoms with Crippen LogP contribution in [0, 0.1) is 5.92 Å². The average molecular weight is 325 g/mol. The van der Waals surface area contributed by atoms with Crippen LogP contribution in [-0.2, 0) is 16.0 Å². The van der Waals surface area contributed by atoms with Gasteiger partial charge in [0, 0.05) is 38.0 Å². The number of carbonyl (C=O) groups excluding carboxylic acids is 2. The molecule has 2 aromatic rings. The fraction of sp³-hybridized carbons (Fsp3) is 0.278. The normalized spacial score (nSPS) is 17.1. The van der Waals surface area contributed by atoms with E-state index in [-0.39, 0.29) is 29.4 Å². The number of hydrogen-bond donors (Lipinski definition) is 2. The lowest BCUT2D eigenvalue weighted by atomic mass is 10.1. The van der Waals surface area contributed by atoms with Crippen molar-refractivity contribution in [2.24, 2.45) is 5.92 Å². The third-order valence-corrected chi connectivity index (χ3v) is 4.18. The maximum absolute atomic E-state index is 12.3. The van der Waals surface area contributed by atoms with Gasteiger partial charge in [0.2, 0.25) is 17.2 Å². The fourth-order valence-corrected chi connectivity index (χ4v) is 2.82. The Morgan fingerprint density at radius 2 is 2.00 bits per heavy atom. The molecular weight excluding hydrogens is 306 g/mol. The number of nitrogens with zero attached hydrogens (tertiary/aromatic N) is 1. The molecule has 24 heavy (non-hydrogen) atoms. The van der Waals surface area contributed by atoms with Crippen molar-refractivity contribution in [1.29, 1.82) is 0 Å². The third kappa shape index (κ3) is 3.71. The first-order chi connectivity index (χ1) is 11.6. The molecule has 1 aromatic heterocycles. The zero-order chi connectivity index (χ0) is 16.9. The Morgan fingerprint density at radius 3 is 2.75 bits per heavy atom. The first-order valence-electron chi connectivity index (χ1n) is 7.93. The average Bonchev–Trinajstić information content (AvgIpc) is 2.97. The number of anilines is 1. The van der Waals surface area contributed by atoms with Crippen LogP contribution in [0.3, 0.4) is 0 Å². The molecule has 1 saturated heterocycles. The third-order valence-electron chi connectivity index (χ3n) is 4.18. The predicted octanol–water partition coefficient (Wildman–Crippen LogP) is 1.40. The van der Waals surface area contributed by atoms with E-state index in [1.54, 1.807) is 4.90 Å². The summed E-state index contributed by atoms with van der Waals surface area (Å²) in [5, 5.41) is 2.61. The molecular formula is C18H19N3O3. The van der Waals surface area contributed by atoms with E-state index >= 15 is 0 Å². The van der Waals surface area contributed by atoms with Crippen molar-refractivity contribution >= 4 is 17.5 Å². The van der Waals surface area contributed by atoms with Gasteiger partial charge in [-0.3, -0.25) is 14.4 Å². The number of aromatic amines is 1. The molecule has 3 rings (SSSR count). The minimum absolute atomic E-state index is 0.0203. The van der Waals surface area contributed by atoms with E-state index in [2.05, 4.69) is 10.3 Å². The second-order valence-corrected chi connectivity index (χ2v) is 5.89. The number of amides is 2. The molecule has 1 atom stereocenters. The highest BCUT2D eigenvalue weighted by Gasteiger charge is 2.34. The number of carbonyl (C=O) groups is 2. The van der Waals surface area contributed by atoms with Crippen LogP contribution in [0.1, 0.15) is 12.0 Å². The first kappa shape index (κ1) is 16.0. The predicted molar refractivity (Wildman–Crippen MR) is 90.5 cm³/mol. The molecule has 1 fully saturated rings. The number of aromatic nitrogens is 1. The highest BCUT2D eigenvalue weighted by molar-refractivity contribution is 5.97. The van der Waals surface area contributed by atoms with Crippen molar-refractivity contribution in [3.05, 3.63) is 64.6 Å². The van der Waals surface area contributed by atoms with E-state index in [9.17, 15) is 14.4 Å². The second-order valence-electron chi connectivity index (χ2n) is 5.89. The number of rotatable bonds is 5. The lowest BCUT2D eigenvalue weighted by molar-refractivity contribution is -0.128. The highest BCUT2D eigenvalue weighted by atomic mass is 16.2. The summed E-state index contributed by atoms with van der Waals surface area (Å²) < 4.78 is 0. The maximum Gasteiger partial charge on any atom is 0.229 e. The molecule has 0 aliphatic carbocycles. The van der Waals surface area contributed by atoms with Gasteiger partial charge in [0.15, 0.2) is 0 Å². The molecule has 6 heteroatoms. The summed E-state index contributed by atoms with van der Waals surface area (Å²) in [7, 11) is 0. The van der Waals surface area contributed by atoms with E-state index in [0.29, 0.717) is 13.1 Å². The van der Waals surface area contributed by atoms with Crippen LogP contribution in [0.25, 0.3) is 0 Å². The van der Waals surface area contributed by atoms with Crippen molar-refractivity contribution in [2.75, 3.05) is 18.4 Å². The van der Waals surface area contributed by atoms with Crippen LogP contribution in [0.5, 0.6) is 0 Å². The minimum Gasteiger partial charge on any atom is -0.366 e. The summed E-state index contributed by atoms with van der Waals surface area (Å²) in [5.41, 5.74) is 1.11. The second kappa shape index (κ2) is 7.12. The zero-order valence-corrected chi connectivity index (χ0v) is 13.2. The topological polar surface area (TPSA) is 82.3 Å². The first-order valence-corrected chi connectivity index (χ1v) is 7.93. The van der Waals surface area contributed by atoms with Crippen molar-refractivity contribution in [1.82, 2.24) is 9.88 Å². The van der Waals surface area contributed by atoms with Crippen LogP contribution in [0.4, 0.5) is 5.69 Å². The summed E-state index contributed by atoms with van der Waals surface area (Å²) in [4.78, 5) is 40.5. The quantitative estimate of drug-likeness (QED) is 0.872. The van der Waals surface area contributed by atoms with E-state index in [4.69, 9.17) is 0 Å².